The van der Waals surface area contributed by atoms with Gasteiger partial charge in [-0.1, -0.05) is 17.7 Å². The number of carbonyl (C=O) groups is 1. The molecule has 4 nitrogen and oxygen atoms in total. The summed E-state index contributed by atoms with van der Waals surface area (Å²) in [5.41, 5.74) is -0.882. The second-order valence-corrected chi connectivity index (χ2v) is 5.23. The topological polar surface area (TPSA) is 55.8 Å². The van der Waals surface area contributed by atoms with E-state index in [-0.39, 0.29) is 22.3 Å². The number of halogens is 4. The number of hydrogen-bond donors (Lipinski definition) is 1. The Kier molecular flexibility index (Phi) is 5.23. The van der Waals surface area contributed by atoms with Crippen molar-refractivity contribution in [2.45, 2.75) is 19.2 Å². The Balaban J connectivity index is 2.18. The summed E-state index contributed by atoms with van der Waals surface area (Å²) >= 11 is 5.82. The molecule has 8 heteroatoms. The van der Waals surface area contributed by atoms with Crippen molar-refractivity contribution in [1.29, 1.82) is 0 Å². The SMILES string of the molecule is CC(Oc1cccc(Oc2ccc(C(F)(F)F)cc2Cl)c1)C(=O)O. The molecule has 2 rings (SSSR count). The summed E-state index contributed by atoms with van der Waals surface area (Å²) < 4.78 is 48.4. The highest BCUT2D eigenvalue weighted by molar-refractivity contribution is 6.32. The molecule has 0 aliphatic carbocycles. The van der Waals surface area contributed by atoms with Crippen LogP contribution in [0, 0.1) is 0 Å². The van der Waals surface area contributed by atoms with Gasteiger partial charge in [-0.2, -0.15) is 13.2 Å². The summed E-state index contributed by atoms with van der Waals surface area (Å²) in [5, 5.41) is 8.61. The summed E-state index contributed by atoms with van der Waals surface area (Å²) in [6.45, 7) is 1.36. The zero-order chi connectivity index (χ0) is 17.9. The third kappa shape index (κ3) is 4.55. The lowest BCUT2D eigenvalue weighted by Crippen LogP contribution is -2.22. The van der Waals surface area contributed by atoms with Gasteiger partial charge in [0.1, 0.15) is 17.2 Å². The lowest BCUT2D eigenvalue weighted by Gasteiger charge is -2.13. The predicted octanol–water partition coefficient (Wildman–Crippen LogP) is 5.00. The summed E-state index contributed by atoms with van der Waals surface area (Å²) in [7, 11) is 0. The molecule has 0 aromatic heterocycles. The standard InChI is InChI=1S/C16H12ClF3O4/c1-9(15(21)22)23-11-3-2-4-12(8-11)24-14-6-5-10(7-13(14)17)16(18,19)20/h2-9H,1H3,(H,21,22). The van der Waals surface area contributed by atoms with Crippen LogP contribution >= 0.6 is 11.6 Å². The van der Waals surface area contributed by atoms with E-state index in [9.17, 15) is 18.0 Å². The van der Waals surface area contributed by atoms with Crippen molar-refractivity contribution in [1.82, 2.24) is 0 Å². The minimum atomic E-state index is -4.50. The smallest absolute Gasteiger partial charge is 0.416 e. The molecule has 1 atom stereocenters. The minimum absolute atomic E-state index is 0.0353. The molecule has 0 radical (unpaired) electrons. The van der Waals surface area contributed by atoms with Crippen molar-refractivity contribution in [3.63, 3.8) is 0 Å². The van der Waals surface area contributed by atoms with E-state index in [1.807, 2.05) is 0 Å². The van der Waals surface area contributed by atoms with Crippen LogP contribution in [0.3, 0.4) is 0 Å². The van der Waals surface area contributed by atoms with Crippen LogP contribution in [0.4, 0.5) is 13.2 Å². The summed E-state index contributed by atoms with van der Waals surface area (Å²) in [5.74, 6) is -0.614. The highest BCUT2D eigenvalue weighted by Crippen LogP contribution is 2.36. The molecule has 0 bridgehead atoms. The van der Waals surface area contributed by atoms with Crippen LogP contribution in [-0.4, -0.2) is 17.2 Å². The first kappa shape index (κ1) is 17.9. The third-order valence-electron chi connectivity index (χ3n) is 2.95. The average molecular weight is 361 g/mol. The van der Waals surface area contributed by atoms with Crippen LogP contribution in [0.5, 0.6) is 17.2 Å². The lowest BCUT2D eigenvalue weighted by molar-refractivity contribution is -0.144. The molecule has 0 saturated carbocycles. The number of alkyl halides is 3. The van der Waals surface area contributed by atoms with Gasteiger partial charge in [0.2, 0.25) is 0 Å². The summed E-state index contributed by atoms with van der Waals surface area (Å²) in [6, 6.07) is 8.76. The van der Waals surface area contributed by atoms with Crippen molar-refractivity contribution in [2.75, 3.05) is 0 Å². The Morgan fingerprint density at radius 2 is 1.83 bits per heavy atom. The van der Waals surface area contributed by atoms with Crippen LogP contribution in [0.1, 0.15) is 12.5 Å². The fourth-order valence-corrected chi connectivity index (χ4v) is 1.97. The molecule has 0 amide bonds. The molecule has 0 spiro atoms. The molecular weight excluding hydrogens is 349 g/mol. The Morgan fingerprint density at radius 1 is 1.17 bits per heavy atom. The van der Waals surface area contributed by atoms with E-state index in [0.717, 1.165) is 18.2 Å². The second kappa shape index (κ2) is 7.00. The number of rotatable bonds is 5. The van der Waals surface area contributed by atoms with Gasteiger partial charge in [-0.15, -0.1) is 0 Å². The van der Waals surface area contributed by atoms with Gasteiger partial charge in [0.05, 0.1) is 10.6 Å². The number of carboxylic acids is 1. The van der Waals surface area contributed by atoms with E-state index in [2.05, 4.69) is 0 Å². The predicted molar refractivity (Wildman–Crippen MR) is 80.7 cm³/mol. The molecule has 2 aromatic carbocycles. The second-order valence-electron chi connectivity index (χ2n) is 4.82. The Morgan fingerprint density at radius 3 is 2.42 bits per heavy atom. The molecule has 0 saturated heterocycles. The molecule has 128 valence electrons. The first-order chi connectivity index (χ1) is 11.2. The molecule has 0 aliphatic heterocycles. The minimum Gasteiger partial charge on any atom is -0.479 e. The fraction of sp³-hybridized carbons (Fsp3) is 0.188. The van der Waals surface area contributed by atoms with Gasteiger partial charge < -0.3 is 14.6 Å². The van der Waals surface area contributed by atoms with Crippen molar-refractivity contribution in [3.05, 3.63) is 53.1 Å². The first-order valence-electron chi connectivity index (χ1n) is 6.71. The van der Waals surface area contributed by atoms with E-state index in [0.29, 0.717) is 0 Å². The molecule has 24 heavy (non-hydrogen) atoms. The Hall–Kier alpha value is -2.41. The highest BCUT2D eigenvalue weighted by Gasteiger charge is 2.31. The number of hydrogen-bond acceptors (Lipinski definition) is 3. The van der Waals surface area contributed by atoms with Crippen LogP contribution < -0.4 is 9.47 Å². The normalized spacial score (nSPS) is 12.5. The molecule has 2 aromatic rings. The quantitative estimate of drug-likeness (QED) is 0.815. The van der Waals surface area contributed by atoms with Crippen molar-refractivity contribution in [2.24, 2.45) is 0 Å². The van der Waals surface area contributed by atoms with Gasteiger partial charge in [0.15, 0.2) is 6.10 Å². The maximum absolute atomic E-state index is 12.6. The van der Waals surface area contributed by atoms with Crippen molar-refractivity contribution in [3.8, 4) is 17.2 Å². The Bertz CT molecular complexity index is 746. The first-order valence-corrected chi connectivity index (χ1v) is 7.09. The number of ether oxygens (including phenoxy) is 2. The van der Waals surface area contributed by atoms with Crippen molar-refractivity contribution < 1.29 is 32.5 Å². The van der Waals surface area contributed by atoms with Crippen LogP contribution in [0.25, 0.3) is 0 Å². The van der Waals surface area contributed by atoms with E-state index in [4.69, 9.17) is 26.2 Å². The molecule has 1 N–H and O–H groups in total. The third-order valence-corrected chi connectivity index (χ3v) is 3.25. The Labute approximate surface area is 140 Å². The fourth-order valence-electron chi connectivity index (χ4n) is 1.75. The van der Waals surface area contributed by atoms with Gasteiger partial charge in [-0.25, -0.2) is 4.79 Å². The van der Waals surface area contributed by atoms with E-state index < -0.39 is 23.8 Å². The van der Waals surface area contributed by atoms with Crippen LogP contribution in [0.15, 0.2) is 42.5 Å². The maximum Gasteiger partial charge on any atom is 0.416 e. The summed E-state index contributed by atoms with van der Waals surface area (Å²) in [6.07, 6.45) is -5.56. The number of carboxylic acid groups (broad SMARTS) is 1. The van der Waals surface area contributed by atoms with E-state index in [1.165, 1.54) is 25.1 Å². The van der Waals surface area contributed by atoms with Gasteiger partial charge >= 0.3 is 12.1 Å². The molecule has 1 unspecified atom stereocenters. The molecule has 0 aliphatic rings. The summed E-state index contributed by atoms with van der Waals surface area (Å²) in [4.78, 5) is 10.8. The highest BCUT2D eigenvalue weighted by atomic mass is 35.5. The van der Waals surface area contributed by atoms with Gasteiger partial charge in [0.25, 0.3) is 0 Å². The average Bonchev–Trinajstić information content (AvgIpc) is 2.48. The van der Waals surface area contributed by atoms with Crippen molar-refractivity contribution >= 4 is 17.6 Å². The zero-order valence-electron chi connectivity index (χ0n) is 12.3. The van der Waals surface area contributed by atoms with Crippen LogP contribution in [-0.2, 0) is 11.0 Å². The van der Waals surface area contributed by atoms with Gasteiger partial charge in [-0.05, 0) is 37.3 Å². The molecule has 0 fully saturated rings. The molecular formula is C16H12ClF3O4. The maximum atomic E-state index is 12.6. The van der Waals surface area contributed by atoms with Gasteiger partial charge in [0, 0.05) is 6.07 Å². The largest absolute Gasteiger partial charge is 0.479 e. The lowest BCUT2D eigenvalue weighted by atomic mass is 10.2. The van der Waals surface area contributed by atoms with Crippen LogP contribution in [0.2, 0.25) is 5.02 Å². The number of aliphatic carboxylic acids is 1. The van der Waals surface area contributed by atoms with E-state index in [1.54, 1.807) is 6.07 Å². The van der Waals surface area contributed by atoms with E-state index >= 15 is 0 Å². The van der Waals surface area contributed by atoms with Gasteiger partial charge in [-0.3, -0.25) is 0 Å². The molecule has 0 heterocycles. The number of benzene rings is 2. The monoisotopic (exact) mass is 360 g/mol. The zero-order valence-corrected chi connectivity index (χ0v) is 13.1.